The molecule has 8 nitrogen and oxygen atoms in total. The van der Waals surface area contributed by atoms with Crippen LogP contribution in [0.25, 0.3) is 0 Å². The molecule has 0 unspecified atom stereocenters. The first-order valence-corrected chi connectivity index (χ1v) is 4.88. The molecule has 1 aromatic rings. The van der Waals surface area contributed by atoms with E-state index in [0.717, 1.165) is 0 Å². The Morgan fingerprint density at radius 3 is 2.29 bits per heavy atom. The van der Waals surface area contributed by atoms with Crippen molar-refractivity contribution in [2.24, 2.45) is 5.28 Å². The van der Waals surface area contributed by atoms with Crippen molar-refractivity contribution in [3.05, 3.63) is 28.9 Å². The van der Waals surface area contributed by atoms with E-state index in [2.05, 4.69) is 15.2 Å². The van der Waals surface area contributed by atoms with Gasteiger partial charge in [0.15, 0.2) is 0 Å². The molecule has 0 aliphatic carbocycles. The normalized spacial score (nSPS) is 16.6. The summed E-state index contributed by atoms with van der Waals surface area (Å²) in [6.45, 7) is 2.07. The fraction of sp³-hybridized carbons (Fsp3) is 0.500. The molecule has 1 aliphatic rings. The maximum Gasteiger partial charge on any atom is 1.00 e. The van der Waals surface area contributed by atoms with E-state index in [1.54, 1.807) is 18.5 Å². The third kappa shape index (κ3) is 3.42. The van der Waals surface area contributed by atoms with Crippen molar-refractivity contribution in [1.82, 2.24) is 15.0 Å². The number of nitrogens with zero attached hydrogens (tertiary/aromatic N) is 6. The number of hydrogen-bond donors (Lipinski definition) is 0. The summed E-state index contributed by atoms with van der Waals surface area (Å²) in [4.78, 5) is 10.3. The second kappa shape index (κ2) is 6.58. The fourth-order valence-electron chi connectivity index (χ4n) is 1.57. The molecule has 2 heterocycles. The van der Waals surface area contributed by atoms with E-state index >= 15 is 0 Å². The second-order valence-corrected chi connectivity index (χ2v) is 3.32. The minimum atomic E-state index is 0. The van der Waals surface area contributed by atoms with Gasteiger partial charge in [0.1, 0.15) is 0 Å². The Balaban J connectivity index is 0.00000144. The quantitative estimate of drug-likeness (QED) is 0.238. The Labute approximate surface area is 120 Å². The van der Waals surface area contributed by atoms with E-state index in [1.807, 2.05) is 4.90 Å². The number of anilines is 1. The third-order valence-corrected chi connectivity index (χ3v) is 2.40. The molecular weight excluding hydrogens is 235 g/mol. The average Bonchev–Trinajstić information content (AvgIpc) is 2.39. The monoisotopic (exact) mass is 246 g/mol. The maximum absolute atomic E-state index is 10.9. The van der Waals surface area contributed by atoms with Crippen molar-refractivity contribution in [3.63, 3.8) is 0 Å². The van der Waals surface area contributed by atoms with Gasteiger partial charge in [-0.1, -0.05) is 0 Å². The van der Waals surface area contributed by atoms with Crippen molar-refractivity contribution in [2.45, 2.75) is 0 Å². The van der Waals surface area contributed by atoms with Gasteiger partial charge < -0.3 is 15.3 Å². The predicted octanol–water partition coefficient (Wildman–Crippen LogP) is -3.02. The van der Waals surface area contributed by atoms with Crippen LogP contribution in [-0.2, 0) is 0 Å². The molecular formula is C8H11N6NaO2. The first-order valence-electron chi connectivity index (χ1n) is 4.88. The van der Waals surface area contributed by atoms with Crippen LogP contribution in [0, 0.1) is 10.4 Å². The first-order chi connectivity index (χ1) is 7.81. The van der Waals surface area contributed by atoms with Gasteiger partial charge in [0.05, 0.1) is 13.1 Å². The van der Waals surface area contributed by atoms with E-state index < -0.39 is 0 Å². The molecule has 1 aromatic heterocycles. The van der Waals surface area contributed by atoms with Gasteiger partial charge in [-0.15, -0.1) is 5.01 Å². The van der Waals surface area contributed by atoms with Crippen LogP contribution in [0.15, 0.2) is 23.7 Å². The van der Waals surface area contributed by atoms with Gasteiger partial charge in [-0.2, -0.15) is 0 Å². The van der Waals surface area contributed by atoms with Gasteiger partial charge in [0, 0.05) is 30.5 Å². The molecule has 2 rings (SSSR count). The topological polar surface area (TPSA) is 93.7 Å². The number of aromatic nitrogens is 2. The molecule has 0 radical (unpaired) electrons. The third-order valence-electron chi connectivity index (χ3n) is 2.40. The molecule has 9 heteroatoms. The zero-order valence-corrected chi connectivity index (χ0v) is 11.6. The fourth-order valence-corrected chi connectivity index (χ4v) is 1.57. The summed E-state index contributed by atoms with van der Waals surface area (Å²) in [7, 11) is 0. The summed E-state index contributed by atoms with van der Waals surface area (Å²) >= 11 is 0. The van der Waals surface area contributed by atoms with E-state index in [0.29, 0.717) is 32.1 Å². The van der Waals surface area contributed by atoms with E-state index in [1.165, 1.54) is 5.01 Å². The Hall–Kier alpha value is -1.12. The van der Waals surface area contributed by atoms with E-state index in [-0.39, 0.29) is 34.5 Å². The Morgan fingerprint density at radius 1 is 1.18 bits per heavy atom. The first kappa shape index (κ1) is 13.9. The van der Waals surface area contributed by atoms with Crippen molar-refractivity contribution in [3.8, 4) is 0 Å². The summed E-state index contributed by atoms with van der Waals surface area (Å²) in [5.41, 5.74) is 0. The standard InChI is InChI=1S/C8H12N6O2.Na/c15-11-14(16)13-6-4-12(5-7-13)8-9-2-1-3-10-8;/h1-3,15H,4-7H2;/q;+1/p-1. The van der Waals surface area contributed by atoms with Crippen molar-refractivity contribution in [2.75, 3.05) is 31.1 Å². The summed E-state index contributed by atoms with van der Waals surface area (Å²) < 4.78 is 0. The van der Waals surface area contributed by atoms with Gasteiger partial charge in [-0.3, -0.25) is 0 Å². The zero-order chi connectivity index (χ0) is 11.4. The minimum Gasteiger partial charge on any atom is -0.737 e. The molecule has 0 N–H and O–H groups in total. The number of rotatable bonds is 2. The molecule has 0 saturated carbocycles. The van der Waals surface area contributed by atoms with E-state index in [9.17, 15) is 10.4 Å². The van der Waals surface area contributed by atoms with Gasteiger partial charge >= 0.3 is 29.6 Å². The number of piperazine rings is 1. The number of hydrazine groups is 1. The van der Waals surface area contributed by atoms with Crippen LogP contribution >= 0.6 is 0 Å². The van der Waals surface area contributed by atoms with Crippen LogP contribution in [0.1, 0.15) is 0 Å². The zero-order valence-electron chi connectivity index (χ0n) is 9.56. The molecule has 0 bridgehead atoms. The van der Waals surface area contributed by atoms with Crippen molar-refractivity contribution >= 4 is 5.95 Å². The molecule has 86 valence electrons. The molecule has 0 spiro atoms. The Kier molecular flexibility index (Phi) is 5.39. The largest absolute Gasteiger partial charge is 1.00 e. The SMILES string of the molecule is [Na+].[O-]N=[N+]([O-])N1CCN(c2ncccn2)CC1. The number of hydrogen-bond acceptors (Lipinski definition) is 6. The second-order valence-electron chi connectivity index (χ2n) is 3.32. The van der Waals surface area contributed by atoms with Crippen molar-refractivity contribution < 1.29 is 34.5 Å². The molecule has 0 atom stereocenters. The summed E-state index contributed by atoms with van der Waals surface area (Å²) in [5, 5.41) is 24.6. The Morgan fingerprint density at radius 2 is 1.76 bits per heavy atom. The van der Waals surface area contributed by atoms with Crippen LogP contribution in [0.3, 0.4) is 0 Å². The summed E-state index contributed by atoms with van der Waals surface area (Å²) in [6.07, 6.45) is 3.34. The van der Waals surface area contributed by atoms with Crippen molar-refractivity contribution in [1.29, 1.82) is 0 Å². The van der Waals surface area contributed by atoms with Gasteiger partial charge in [0.2, 0.25) is 5.95 Å². The molecule has 17 heavy (non-hydrogen) atoms. The van der Waals surface area contributed by atoms with Gasteiger partial charge in [-0.25, -0.2) is 9.97 Å². The molecule has 1 fully saturated rings. The van der Waals surface area contributed by atoms with Crippen LogP contribution < -0.4 is 34.5 Å². The molecule has 0 aromatic carbocycles. The van der Waals surface area contributed by atoms with Crippen LogP contribution in [0.4, 0.5) is 5.95 Å². The molecule has 0 amide bonds. The van der Waals surface area contributed by atoms with Crippen LogP contribution in [-0.4, -0.2) is 46.1 Å². The van der Waals surface area contributed by atoms with Gasteiger partial charge in [-0.05, 0) is 11.3 Å². The maximum atomic E-state index is 10.9. The molecule has 1 aliphatic heterocycles. The van der Waals surface area contributed by atoms with Crippen LogP contribution in [0.2, 0.25) is 0 Å². The van der Waals surface area contributed by atoms with Gasteiger partial charge in [0.25, 0.3) is 0 Å². The van der Waals surface area contributed by atoms with Crippen LogP contribution in [0.5, 0.6) is 0 Å². The average molecular weight is 246 g/mol. The summed E-state index contributed by atoms with van der Waals surface area (Å²) in [5.74, 6) is 0.638. The molecule has 1 saturated heterocycles. The summed E-state index contributed by atoms with van der Waals surface area (Å²) in [6, 6.07) is 1.75. The minimum absolute atomic E-state index is 0. The van der Waals surface area contributed by atoms with E-state index in [4.69, 9.17) is 0 Å². The predicted molar refractivity (Wildman–Crippen MR) is 55.2 cm³/mol. The smallest absolute Gasteiger partial charge is 0.737 e. The Bertz CT molecular complexity index is 368.